The summed E-state index contributed by atoms with van der Waals surface area (Å²) >= 11 is 5.97. The first kappa shape index (κ1) is 10.6. The fourth-order valence-corrected chi connectivity index (χ4v) is 1.50. The third-order valence-electron chi connectivity index (χ3n) is 1.95. The zero-order valence-corrected chi connectivity index (χ0v) is 8.92. The van der Waals surface area contributed by atoms with Crippen LogP contribution in [-0.4, -0.2) is 25.8 Å². The Labute approximate surface area is 96.3 Å². The highest BCUT2D eigenvalue weighted by molar-refractivity contribution is 6.33. The van der Waals surface area contributed by atoms with Crippen molar-refractivity contribution in [3.63, 3.8) is 0 Å². The number of carbonyl (C=O) groups is 1. The van der Waals surface area contributed by atoms with E-state index in [-0.39, 0.29) is 6.54 Å². The minimum absolute atomic E-state index is 0.211. The molecule has 0 unspecified atom stereocenters. The first-order valence-electron chi connectivity index (χ1n) is 4.53. The summed E-state index contributed by atoms with van der Waals surface area (Å²) in [7, 11) is 0. The molecule has 2 aromatic rings. The number of halogens is 1. The lowest BCUT2D eigenvalue weighted by Gasteiger charge is -1.97. The highest BCUT2D eigenvalue weighted by atomic mass is 35.5. The molecule has 0 fully saturated rings. The van der Waals surface area contributed by atoms with Crippen molar-refractivity contribution in [2.75, 3.05) is 0 Å². The van der Waals surface area contributed by atoms with Crippen molar-refractivity contribution in [3.8, 4) is 11.4 Å². The van der Waals surface area contributed by atoms with Gasteiger partial charge < -0.3 is 5.11 Å². The van der Waals surface area contributed by atoms with Crippen LogP contribution in [0.25, 0.3) is 11.4 Å². The number of carboxylic acid groups (broad SMARTS) is 1. The Morgan fingerprint density at radius 1 is 1.44 bits per heavy atom. The van der Waals surface area contributed by atoms with Gasteiger partial charge in [-0.2, -0.15) is 5.10 Å². The molecule has 6 heteroatoms. The molecule has 1 aromatic carbocycles. The van der Waals surface area contributed by atoms with Crippen LogP contribution >= 0.6 is 11.6 Å². The van der Waals surface area contributed by atoms with Gasteiger partial charge in [0.2, 0.25) is 0 Å². The van der Waals surface area contributed by atoms with Crippen molar-refractivity contribution in [1.29, 1.82) is 0 Å². The molecular weight excluding hydrogens is 230 g/mol. The molecule has 0 radical (unpaired) electrons. The Morgan fingerprint density at radius 3 is 2.88 bits per heavy atom. The number of nitrogens with zero attached hydrogens (tertiary/aromatic N) is 3. The van der Waals surface area contributed by atoms with E-state index in [9.17, 15) is 4.79 Å². The van der Waals surface area contributed by atoms with Crippen LogP contribution in [-0.2, 0) is 11.3 Å². The van der Waals surface area contributed by atoms with Gasteiger partial charge in [0.05, 0.1) is 5.02 Å². The molecule has 16 heavy (non-hydrogen) atoms. The van der Waals surface area contributed by atoms with E-state index in [1.807, 2.05) is 6.07 Å². The highest BCUT2D eigenvalue weighted by Crippen LogP contribution is 2.23. The number of hydrogen-bond donors (Lipinski definition) is 1. The van der Waals surface area contributed by atoms with Gasteiger partial charge in [-0.1, -0.05) is 23.7 Å². The van der Waals surface area contributed by atoms with Gasteiger partial charge in [-0.25, -0.2) is 9.67 Å². The Balaban J connectivity index is 2.32. The molecule has 5 nitrogen and oxygen atoms in total. The summed E-state index contributed by atoms with van der Waals surface area (Å²) < 4.78 is 1.25. The fraction of sp³-hybridized carbons (Fsp3) is 0.100. The van der Waals surface area contributed by atoms with Crippen LogP contribution < -0.4 is 0 Å². The van der Waals surface area contributed by atoms with Crippen LogP contribution in [0.5, 0.6) is 0 Å². The van der Waals surface area contributed by atoms with Crippen LogP contribution in [0.1, 0.15) is 0 Å². The summed E-state index contributed by atoms with van der Waals surface area (Å²) in [6.07, 6.45) is 1.37. The summed E-state index contributed by atoms with van der Waals surface area (Å²) in [6.45, 7) is -0.211. The minimum atomic E-state index is -0.962. The molecule has 0 bridgehead atoms. The van der Waals surface area contributed by atoms with Crippen molar-refractivity contribution in [2.24, 2.45) is 0 Å². The van der Waals surface area contributed by atoms with Crippen molar-refractivity contribution in [3.05, 3.63) is 35.6 Å². The quantitative estimate of drug-likeness (QED) is 0.882. The van der Waals surface area contributed by atoms with Gasteiger partial charge in [0.25, 0.3) is 0 Å². The van der Waals surface area contributed by atoms with Gasteiger partial charge in [-0.3, -0.25) is 4.79 Å². The number of hydrogen-bond acceptors (Lipinski definition) is 3. The Kier molecular flexibility index (Phi) is 2.87. The van der Waals surface area contributed by atoms with Gasteiger partial charge in [0.1, 0.15) is 12.9 Å². The lowest BCUT2D eigenvalue weighted by atomic mass is 10.2. The van der Waals surface area contributed by atoms with Gasteiger partial charge in [0, 0.05) is 5.56 Å². The summed E-state index contributed by atoms with van der Waals surface area (Å²) in [5, 5.41) is 13.1. The summed E-state index contributed by atoms with van der Waals surface area (Å²) in [5.74, 6) is -0.539. The van der Waals surface area contributed by atoms with Crippen molar-refractivity contribution in [1.82, 2.24) is 14.8 Å². The summed E-state index contributed by atoms with van der Waals surface area (Å²) in [6, 6.07) is 7.14. The first-order valence-corrected chi connectivity index (χ1v) is 4.91. The molecule has 2 rings (SSSR count). The highest BCUT2D eigenvalue weighted by Gasteiger charge is 2.08. The third-order valence-corrected chi connectivity index (χ3v) is 2.28. The van der Waals surface area contributed by atoms with Crippen LogP contribution in [0.15, 0.2) is 30.6 Å². The largest absolute Gasteiger partial charge is 0.480 e. The minimum Gasteiger partial charge on any atom is -0.480 e. The molecule has 0 aliphatic carbocycles. The van der Waals surface area contributed by atoms with Gasteiger partial charge in [-0.05, 0) is 12.1 Å². The lowest BCUT2D eigenvalue weighted by molar-refractivity contribution is -0.137. The molecule has 0 saturated heterocycles. The number of carboxylic acids is 1. The predicted octanol–water partition coefficient (Wildman–Crippen LogP) is 1.68. The maximum absolute atomic E-state index is 10.5. The van der Waals surface area contributed by atoms with Crippen molar-refractivity contribution >= 4 is 17.6 Å². The molecule has 1 heterocycles. The second-order valence-electron chi connectivity index (χ2n) is 3.14. The van der Waals surface area contributed by atoms with E-state index in [0.717, 1.165) is 0 Å². The van der Waals surface area contributed by atoms with Crippen LogP contribution in [0.2, 0.25) is 5.02 Å². The predicted molar refractivity (Wildman–Crippen MR) is 58.1 cm³/mol. The monoisotopic (exact) mass is 237 g/mol. The van der Waals surface area contributed by atoms with Gasteiger partial charge in [0.15, 0.2) is 5.82 Å². The zero-order valence-electron chi connectivity index (χ0n) is 8.17. The maximum Gasteiger partial charge on any atom is 0.325 e. The second kappa shape index (κ2) is 4.32. The maximum atomic E-state index is 10.5. The topological polar surface area (TPSA) is 68.0 Å². The fourth-order valence-electron chi connectivity index (χ4n) is 1.28. The van der Waals surface area contributed by atoms with E-state index < -0.39 is 5.97 Å². The molecule has 0 amide bonds. The SMILES string of the molecule is O=C(O)Cn1cnc(-c2ccccc2Cl)n1. The van der Waals surface area contributed by atoms with Crippen LogP contribution in [0.3, 0.4) is 0 Å². The van der Waals surface area contributed by atoms with Gasteiger partial charge in [-0.15, -0.1) is 0 Å². The van der Waals surface area contributed by atoms with Crippen LogP contribution in [0, 0.1) is 0 Å². The molecular formula is C10H8ClN3O2. The summed E-state index contributed by atoms with van der Waals surface area (Å²) in [4.78, 5) is 14.5. The van der Waals surface area contributed by atoms with Crippen LogP contribution in [0.4, 0.5) is 0 Å². The molecule has 1 N–H and O–H groups in total. The number of benzene rings is 1. The van der Waals surface area contributed by atoms with Crippen molar-refractivity contribution < 1.29 is 9.90 Å². The number of rotatable bonds is 3. The Morgan fingerprint density at radius 2 is 2.19 bits per heavy atom. The van der Waals surface area contributed by atoms with E-state index in [1.165, 1.54) is 11.0 Å². The zero-order chi connectivity index (χ0) is 11.5. The number of aliphatic carboxylic acids is 1. The molecule has 1 aromatic heterocycles. The third kappa shape index (κ3) is 2.20. The van der Waals surface area contributed by atoms with E-state index >= 15 is 0 Å². The average Bonchev–Trinajstić information content (AvgIpc) is 2.66. The van der Waals surface area contributed by atoms with E-state index in [0.29, 0.717) is 16.4 Å². The van der Waals surface area contributed by atoms with Crippen molar-refractivity contribution in [2.45, 2.75) is 6.54 Å². The molecule has 82 valence electrons. The summed E-state index contributed by atoms with van der Waals surface area (Å²) in [5.41, 5.74) is 0.688. The molecule has 0 aliphatic heterocycles. The van der Waals surface area contributed by atoms with Gasteiger partial charge >= 0.3 is 5.97 Å². The molecule has 0 spiro atoms. The smallest absolute Gasteiger partial charge is 0.325 e. The molecule has 0 atom stereocenters. The first-order chi connectivity index (χ1) is 7.66. The molecule has 0 saturated carbocycles. The Bertz CT molecular complexity index is 524. The van der Waals surface area contributed by atoms with E-state index in [1.54, 1.807) is 18.2 Å². The van der Waals surface area contributed by atoms with E-state index in [4.69, 9.17) is 16.7 Å². The Hall–Kier alpha value is -1.88. The standard InChI is InChI=1S/C10H8ClN3O2/c11-8-4-2-1-3-7(8)10-12-6-14(13-10)5-9(15)16/h1-4,6H,5H2,(H,15,16). The van der Waals surface area contributed by atoms with E-state index in [2.05, 4.69) is 10.1 Å². The number of aromatic nitrogens is 3. The molecule has 0 aliphatic rings. The lowest BCUT2D eigenvalue weighted by Crippen LogP contribution is -2.08. The average molecular weight is 238 g/mol. The second-order valence-corrected chi connectivity index (χ2v) is 3.55. The normalized spacial score (nSPS) is 10.3.